The third kappa shape index (κ3) is 2.44. The Morgan fingerprint density at radius 1 is 1.24 bits per heavy atom. The highest BCUT2D eigenvalue weighted by molar-refractivity contribution is 7.09. The number of nitrogens with zero attached hydrogens (tertiary/aromatic N) is 1. The molecule has 1 aliphatic carbocycles. The van der Waals surface area contributed by atoms with Crippen molar-refractivity contribution in [3.63, 3.8) is 0 Å². The van der Waals surface area contributed by atoms with Gasteiger partial charge in [-0.25, -0.2) is 0 Å². The van der Waals surface area contributed by atoms with E-state index in [9.17, 15) is 0 Å². The Morgan fingerprint density at radius 3 is 2.76 bits per heavy atom. The molecule has 0 aliphatic heterocycles. The maximum absolute atomic E-state index is 5.87. The summed E-state index contributed by atoms with van der Waals surface area (Å²) in [4.78, 5) is 3.89. The highest BCUT2D eigenvalue weighted by atomic mass is 32.1. The minimum absolute atomic E-state index is 0.707. The Bertz CT molecular complexity index is 489. The van der Waals surface area contributed by atoms with E-state index in [4.69, 9.17) is 5.73 Å². The van der Waals surface area contributed by atoms with Gasteiger partial charge in [0.1, 0.15) is 0 Å². The summed E-state index contributed by atoms with van der Waals surface area (Å²) in [6.07, 6.45) is 2.61. The van der Waals surface area contributed by atoms with Gasteiger partial charge in [-0.2, -0.15) is 0 Å². The Labute approximate surface area is 106 Å². The van der Waals surface area contributed by atoms with Gasteiger partial charge in [-0.3, -0.25) is 0 Å². The standard InChI is InChI=1S/C14H16N2S/c15-11-3-1-4-13(9-11)16(12-6-7-12)10-14-5-2-8-17-14/h1-5,8-9,12H,6-7,10,15H2. The molecule has 2 aromatic rings. The lowest BCUT2D eigenvalue weighted by Gasteiger charge is -2.24. The Kier molecular flexibility index (Phi) is 2.77. The monoisotopic (exact) mass is 244 g/mol. The second kappa shape index (κ2) is 4.41. The normalized spacial score (nSPS) is 14.8. The summed E-state index contributed by atoms with van der Waals surface area (Å²) in [5.74, 6) is 0. The van der Waals surface area contributed by atoms with Crippen LogP contribution in [0.5, 0.6) is 0 Å². The van der Waals surface area contributed by atoms with E-state index < -0.39 is 0 Å². The van der Waals surface area contributed by atoms with Crippen molar-refractivity contribution in [3.05, 3.63) is 46.7 Å². The number of nitrogens with two attached hydrogens (primary N) is 1. The minimum atomic E-state index is 0.707. The predicted molar refractivity (Wildman–Crippen MR) is 74.4 cm³/mol. The molecule has 17 heavy (non-hydrogen) atoms. The fraction of sp³-hybridized carbons (Fsp3) is 0.286. The van der Waals surface area contributed by atoms with Crippen molar-refractivity contribution < 1.29 is 0 Å². The van der Waals surface area contributed by atoms with Crippen molar-refractivity contribution in [2.24, 2.45) is 0 Å². The molecule has 2 N–H and O–H groups in total. The number of benzene rings is 1. The summed E-state index contributed by atoms with van der Waals surface area (Å²) >= 11 is 1.82. The van der Waals surface area contributed by atoms with Crippen LogP contribution in [-0.4, -0.2) is 6.04 Å². The van der Waals surface area contributed by atoms with E-state index >= 15 is 0 Å². The maximum Gasteiger partial charge on any atom is 0.0525 e. The van der Waals surface area contributed by atoms with Gasteiger partial charge in [-0.15, -0.1) is 11.3 Å². The molecule has 0 saturated heterocycles. The summed E-state index contributed by atoms with van der Waals surface area (Å²) in [5, 5.41) is 2.14. The molecule has 0 atom stereocenters. The van der Waals surface area contributed by atoms with E-state index in [2.05, 4.69) is 34.5 Å². The first-order valence-corrected chi connectivity index (χ1v) is 6.85. The molecule has 88 valence electrons. The van der Waals surface area contributed by atoms with Crippen molar-refractivity contribution in [2.45, 2.75) is 25.4 Å². The molecular weight excluding hydrogens is 228 g/mol. The molecule has 3 rings (SSSR count). The largest absolute Gasteiger partial charge is 0.399 e. The number of rotatable bonds is 4. The zero-order valence-electron chi connectivity index (χ0n) is 9.67. The van der Waals surface area contributed by atoms with Crippen LogP contribution < -0.4 is 10.6 Å². The van der Waals surface area contributed by atoms with Gasteiger partial charge >= 0.3 is 0 Å². The van der Waals surface area contributed by atoms with Crippen molar-refractivity contribution in [1.29, 1.82) is 0 Å². The Balaban J connectivity index is 1.85. The first-order valence-electron chi connectivity index (χ1n) is 5.97. The lowest BCUT2D eigenvalue weighted by Crippen LogP contribution is -2.24. The van der Waals surface area contributed by atoms with Crippen LogP contribution in [0.15, 0.2) is 41.8 Å². The summed E-state index contributed by atoms with van der Waals surface area (Å²) in [5.41, 5.74) is 7.96. The molecule has 0 bridgehead atoms. The molecule has 1 saturated carbocycles. The molecule has 0 unspecified atom stereocenters. The van der Waals surface area contributed by atoms with Gasteiger partial charge in [-0.05, 0) is 42.5 Å². The fourth-order valence-electron chi connectivity index (χ4n) is 2.09. The number of anilines is 2. The Morgan fingerprint density at radius 2 is 2.12 bits per heavy atom. The van der Waals surface area contributed by atoms with Gasteiger partial charge < -0.3 is 10.6 Å². The van der Waals surface area contributed by atoms with Gasteiger partial charge in [0.15, 0.2) is 0 Å². The quantitative estimate of drug-likeness (QED) is 0.834. The summed E-state index contributed by atoms with van der Waals surface area (Å²) < 4.78 is 0. The van der Waals surface area contributed by atoms with Gasteiger partial charge in [-0.1, -0.05) is 12.1 Å². The fourth-order valence-corrected chi connectivity index (χ4v) is 2.79. The van der Waals surface area contributed by atoms with Crippen LogP contribution in [0.4, 0.5) is 11.4 Å². The van der Waals surface area contributed by atoms with Crippen LogP contribution in [0, 0.1) is 0 Å². The highest BCUT2D eigenvalue weighted by Gasteiger charge is 2.29. The lowest BCUT2D eigenvalue weighted by molar-refractivity contribution is 0.804. The predicted octanol–water partition coefficient (Wildman–Crippen LogP) is 3.50. The molecule has 1 fully saturated rings. The van der Waals surface area contributed by atoms with Gasteiger partial charge in [0, 0.05) is 22.3 Å². The molecule has 0 spiro atoms. The van der Waals surface area contributed by atoms with Gasteiger partial charge in [0.25, 0.3) is 0 Å². The van der Waals surface area contributed by atoms with Gasteiger partial charge in [0.05, 0.1) is 6.54 Å². The topological polar surface area (TPSA) is 29.3 Å². The summed E-state index contributed by atoms with van der Waals surface area (Å²) in [6.45, 7) is 1.01. The number of hydrogen-bond donors (Lipinski definition) is 1. The van der Waals surface area contributed by atoms with E-state index in [1.807, 2.05) is 23.5 Å². The van der Waals surface area contributed by atoms with Crippen molar-refractivity contribution in [3.8, 4) is 0 Å². The van der Waals surface area contributed by atoms with Crippen LogP contribution in [0.3, 0.4) is 0 Å². The van der Waals surface area contributed by atoms with E-state index in [0.717, 1.165) is 12.2 Å². The minimum Gasteiger partial charge on any atom is -0.399 e. The third-order valence-corrected chi connectivity index (χ3v) is 3.96. The zero-order chi connectivity index (χ0) is 11.7. The molecule has 1 aromatic heterocycles. The van der Waals surface area contributed by atoms with E-state index in [0.29, 0.717) is 6.04 Å². The Hall–Kier alpha value is -1.48. The van der Waals surface area contributed by atoms with E-state index in [1.165, 1.54) is 23.4 Å². The van der Waals surface area contributed by atoms with Crippen molar-refractivity contribution >= 4 is 22.7 Å². The van der Waals surface area contributed by atoms with Crippen molar-refractivity contribution in [1.82, 2.24) is 0 Å². The second-order valence-electron chi connectivity index (χ2n) is 4.53. The number of thiophene rings is 1. The van der Waals surface area contributed by atoms with Crippen molar-refractivity contribution in [2.75, 3.05) is 10.6 Å². The number of hydrogen-bond acceptors (Lipinski definition) is 3. The molecule has 3 heteroatoms. The number of nitrogen functional groups attached to an aromatic ring is 1. The van der Waals surface area contributed by atoms with Crippen LogP contribution in [0.25, 0.3) is 0 Å². The summed E-state index contributed by atoms with van der Waals surface area (Å²) in [7, 11) is 0. The van der Waals surface area contributed by atoms with Gasteiger partial charge in [0.2, 0.25) is 0 Å². The van der Waals surface area contributed by atoms with Crippen LogP contribution >= 0.6 is 11.3 Å². The third-order valence-electron chi connectivity index (χ3n) is 3.10. The highest BCUT2D eigenvalue weighted by Crippen LogP contribution is 2.34. The average molecular weight is 244 g/mol. The first-order chi connectivity index (χ1) is 8.33. The molecule has 1 heterocycles. The second-order valence-corrected chi connectivity index (χ2v) is 5.57. The van der Waals surface area contributed by atoms with Crippen LogP contribution in [-0.2, 0) is 6.54 Å². The van der Waals surface area contributed by atoms with E-state index in [-0.39, 0.29) is 0 Å². The molecular formula is C14H16N2S. The smallest absolute Gasteiger partial charge is 0.0525 e. The first kappa shape index (κ1) is 10.7. The zero-order valence-corrected chi connectivity index (χ0v) is 10.5. The van der Waals surface area contributed by atoms with Crippen LogP contribution in [0.1, 0.15) is 17.7 Å². The maximum atomic E-state index is 5.87. The molecule has 0 radical (unpaired) electrons. The molecule has 0 amide bonds. The molecule has 1 aromatic carbocycles. The van der Waals surface area contributed by atoms with E-state index in [1.54, 1.807) is 0 Å². The summed E-state index contributed by atoms with van der Waals surface area (Å²) in [6, 6.07) is 13.2. The molecule has 1 aliphatic rings. The molecule has 2 nitrogen and oxygen atoms in total. The van der Waals surface area contributed by atoms with Crippen LogP contribution in [0.2, 0.25) is 0 Å². The lowest BCUT2D eigenvalue weighted by atomic mass is 10.2. The SMILES string of the molecule is Nc1cccc(N(Cc2cccs2)C2CC2)c1. The average Bonchev–Trinajstić information content (AvgIpc) is 3.03.